The second-order valence-corrected chi connectivity index (χ2v) is 6.18. The molecule has 0 fully saturated rings. The summed E-state index contributed by atoms with van der Waals surface area (Å²) in [5, 5.41) is 9.58. The molecule has 0 heterocycles. The molecule has 1 aromatic carbocycles. The summed E-state index contributed by atoms with van der Waals surface area (Å²) in [5.74, 6) is 0.295. The monoisotopic (exact) mass is 287 g/mol. The molecule has 0 aliphatic heterocycles. The molecule has 5 nitrogen and oxygen atoms in total. The molecule has 0 saturated heterocycles. The average molecular weight is 287 g/mol. The Kier molecular flexibility index (Phi) is 5.78. The summed E-state index contributed by atoms with van der Waals surface area (Å²) in [6.07, 6.45) is 0.694. The molecule has 6 heteroatoms. The van der Waals surface area contributed by atoms with Crippen molar-refractivity contribution in [3.63, 3.8) is 0 Å². The minimum atomic E-state index is -3.67. The molecular formula is C13H21NO4S. The number of hydrogen-bond donors (Lipinski definition) is 2. The lowest BCUT2D eigenvalue weighted by Gasteiger charge is -2.13. The number of ether oxygens (including phenoxy) is 1. The minimum Gasteiger partial charge on any atom is -0.495 e. The van der Waals surface area contributed by atoms with Crippen LogP contribution in [0, 0.1) is 6.92 Å². The Hall–Kier alpha value is -1.11. The Morgan fingerprint density at radius 3 is 2.68 bits per heavy atom. The highest BCUT2D eigenvalue weighted by molar-refractivity contribution is 7.89. The average Bonchev–Trinajstić information content (AvgIpc) is 2.37. The normalized spacial score (nSPS) is 13.3. The molecule has 19 heavy (non-hydrogen) atoms. The number of benzene rings is 1. The van der Waals surface area contributed by atoms with E-state index in [9.17, 15) is 13.5 Å². The standard InChI is InChI=1S/C13H21NO4S/c1-4-5-11(15)9-14-19(16,17)13-8-10(2)6-7-12(13)18-3/h6-8,11,14-15H,4-5,9H2,1-3H3. The van der Waals surface area contributed by atoms with Crippen LogP contribution in [-0.4, -0.2) is 33.3 Å². The molecule has 0 spiro atoms. The van der Waals surface area contributed by atoms with Crippen LogP contribution in [0.15, 0.2) is 23.1 Å². The predicted octanol–water partition coefficient (Wildman–Crippen LogP) is 1.44. The summed E-state index contributed by atoms with van der Waals surface area (Å²) < 4.78 is 31.8. The van der Waals surface area contributed by atoms with Crippen molar-refractivity contribution in [2.75, 3.05) is 13.7 Å². The number of aliphatic hydroxyl groups is 1. The SMILES string of the molecule is CCCC(O)CNS(=O)(=O)c1cc(C)ccc1OC. The van der Waals surface area contributed by atoms with E-state index in [1.54, 1.807) is 18.2 Å². The van der Waals surface area contributed by atoms with Crippen molar-refractivity contribution in [3.8, 4) is 5.75 Å². The van der Waals surface area contributed by atoms with Gasteiger partial charge in [0.1, 0.15) is 10.6 Å². The molecule has 0 aliphatic rings. The van der Waals surface area contributed by atoms with Gasteiger partial charge in [0.05, 0.1) is 13.2 Å². The highest BCUT2D eigenvalue weighted by Gasteiger charge is 2.20. The Morgan fingerprint density at radius 1 is 1.42 bits per heavy atom. The third-order valence-electron chi connectivity index (χ3n) is 2.74. The van der Waals surface area contributed by atoms with Crippen LogP contribution < -0.4 is 9.46 Å². The van der Waals surface area contributed by atoms with Crippen molar-refractivity contribution in [1.29, 1.82) is 0 Å². The number of hydrogen-bond acceptors (Lipinski definition) is 4. The van der Waals surface area contributed by atoms with Gasteiger partial charge in [-0.15, -0.1) is 0 Å². The molecule has 0 aliphatic carbocycles. The Balaban J connectivity index is 2.91. The maximum absolute atomic E-state index is 12.2. The summed E-state index contributed by atoms with van der Waals surface area (Å²) in [7, 11) is -2.25. The van der Waals surface area contributed by atoms with Gasteiger partial charge in [-0.2, -0.15) is 0 Å². The van der Waals surface area contributed by atoms with Crippen LogP contribution in [0.2, 0.25) is 0 Å². The topological polar surface area (TPSA) is 75.6 Å². The van der Waals surface area contributed by atoms with Crippen LogP contribution in [-0.2, 0) is 10.0 Å². The Morgan fingerprint density at radius 2 is 2.11 bits per heavy atom. The number of aryl methyl sites for hydroxylation is 1. The molecule has 1 unspecified atom stereocenters. The summed E-state index contributed by atoms with van der Waals surface area (Å²) in [6.45, 7) is 3.75. The van der Waals surface area contributed by atoms with E-state index < -0.39 is 16.1 Å². The zero-order valence-electron chi connectivity index (χ0n) is 11.5. The van der Waals surface area contributed by atoms with Crippen LogP contribution in [0.25, 0.3) is 0 Å². The largest absolute Gasteiger partial charge is 0.495 e. The molecule has 0 radical (unpaired) electrons. The first kappa shape index (κ1) is 15.9. The summed E-state index contributed by atoms with van der Waals surface area (Å²) >= 11 is 0. The molecule has 1 rings (SSSR count). The van der Waals surface area contributed by atoms with Crippen molar-refractivity contribution in [2.45, 2.75) is 37.7 Å². The number of sulfonamides is 1. The molecule has 108 valence electrons. The second-order valence-electron chi connectivity index (χ2n) is 4.45. The minimum absolute atomic E-state index is 0.00721. The van der Waals surface area contributed by atoms with E-state index in [1.807, 2.05) is 13.8 Å². The molecule has 0 saturated carbocycles. The highest BCUT2D eigenvalue weighted by Crippen LogP contribution is 2.24. The number of nitrogens with one attached hydrogen (secondary N) is 1. The summed E-state index contributed by atoms with van der Waals surface area (Å²) in [4.78, 5) is 0.0960. The van der Waals surface area contributed by atoms with Gasteiger partial charge < -0.3 is 9.84 Å². The number of aliphatic hydroxyl groups excluding tert-OH is 1. The van der Waals surface area contributed by atoms with Gasteiger partial charge in [0.15, 0.2) is 0 Å². The first-order chi connectivity index (χ1) is 8.90. The van der Waals surface area contributed by atoms with Gasteiger partial charge in [-0.05, 0) is 31.0 Å². The molecule has 2 N–H and O–H groups in total. The lowest BCUT2D eigenvalue weighted by Crippen LogP contribution is -2.32. The van der Waals surface area contributed by atoms with Gasteiger partial charge in [-0.1, -0.05) is 19.4 Å². The van der Waals surface area contributed by atoms with Gasteiger partial charge in [-0.25, -0.2) is 13.1 Å². The van der Waals surface area contributed by atoms with Crippen LogP contribution in [0.3, 0.4) is 0 Å². The number of methoxy groups -OCH3 is 1. The summed E-state index contributed by atoms with van der Waals surface area (Å²) in [6, 6.07) is 4.95. The fourth-order valence-corrected chi connectivity index (χ4v) is 3.04. The third kappa shape index (κ3) is 4.49. The summed E-state index contributed by atoms with van der Waals surface area (Å²) in [5.41, 5.74) is 0.829. The van der Waals surface area contributed by atoms with Gasteiger partial charge in [-0.3, -0.25) is 0 Å². The van der Waals surface area contributed by atoms with Crippen LogP contribution in [0.4, 0.5) is 0 Å². The van der Waals surface area contributed by atoms with Crippen molar-refractivity contribution in [2.24, 2.45) is 0 Å². The maximum atomic E-state index is 12.2. The van der Waals surface area contributed by atoms with Crippen molar-refractivity contribution in [3.05, 3.63) is 23.8 Å². The first-order valence-electron chi connectivity index (χ1n) is 6.23. The van der Waals surface area contributed by atoms with E-state index in [0.29, 0.717) is 12.2 Å². The fourth-order valence-electron chi connectivity index (χ4n) is 1.71. The predicted molar refractivity (Wildman–Crippen MR) is 73.8 cm³/mol. The lowest BCUT2D eigenvalue weighted by atomic mass is 10.2. The second kappa shape index (κ2) is 6.88. The molecule has 0 bridgehead atoms. The van der Waals surface area contributed by atoms with Gasteiger partial charge in [0, 0.05) is 6.54 Å². The quantitative estimate of drug-likeness (QED) is 0.795. The molecule has 0 amide bonds. The third-order valence-corrected chi connectivity index (χ3v) is 4.18. The zero-order chi connectivity index (χ0) is 14.5. The van der Waals surface area contributed by atoms with Gasteiger partial charge in [0.25, 0.3) is 0 Å². The van der Waals surface area contributed by atoms with E-state index >= 15 is 0 Å². The maximum Gasteiger partial charge on any atom is 0.244 e. The molecule has 1 aromatic rings. The van der Waals surface area contributed by atoms with Gasteiger partial charge in [0.2, 0.25) is 10.0 Å². The number of rotatable bonds is 7. The van der Waals surface area contributed by atoms with E-state index in [1.165, 1.54) is 7.11 Å². The van der Waals surface area contributed by atoms with E-state index in [2.05, 4.69) is 4.72 Å². The Bertz CT molecular complexity index is 513. The fraction of sp³-hybridized carbons (Fsp3) is 0.538. The smallest absolute Gasteiger partial charge is 0.244 e. The zero-order valence-corrected chi connectivity index (χ0v) is 12.3. The van der Waals surface area contributed by atoms with E-state index in [0.717, 1.165) is 12.0 Å². The van der Waals surface area contributed by atoms with Crippen molar-refractivity contribution in [1.82, 2.24) is 4.72 Å². The van der Waals surface area contributed by atoms with E-state index in [4.69, 9.17) is 4.74 Å². The molecule has 0 aromatic heterocycles. The van der Waals surface area contributed by atoms with E-state index in [-0.39, 0.29) is 11.4 Å². The van der Waals surface area contributed by atoms with Crippen LogP contribution in [0.1, 0.15) is 25.3 Å². The molecule has 1 atom stereocenters. The Labute approximate surface area is 114 Å². The van der Waals surface area contributed by atoms with Crippen LogP contribution in [0.5, 0.6) is 5.75 Å². The van der Waals surface area contributed by atoms with Gasteiger partial charge >= 0.3 is 0 Å². The van der Waals surface area contributed by atoms with Crippen molar-refractivity contribution < 1.29 is 18.3 Å². The van der Waals surface area contributed by atoms with Crippen molar-refractivity contribution >= 4 is 10.0 Å². The molecular weight excluding hydrogens is 266 g/mol. The van der Waals surface area contributed by atoms with Crippen LogP contribution >= 0.6 is 0 Å². The lowest BCUT2D eigenvalue weighted by molar-refractivity contribution is 0.167. The highest BCUT2D eigenvalue weighted by atomic mass is 32.2. The first-order valence-corrected chi connectivity index (χ1v) is 7.71.